The zero-order valence-electron chi connectivity index (χ0n) is 15.8. The highest BCUT2D eigenvalue weighted by atomic mass is 19.2. The van der Waals surface area contributed by atoms with E-state index in [2.05, 4.69) is 31.2 Å². The van der Waals surface area contributed by atoms with Gasteiger partial charge in [-0.05, 0) is 47.2 Å². The van der Waals surface area contributed by atoms with E-state index in [0.717, 1.165) is 17.5 Å². The Kier molecular flexibility index (Phi) is 6.23. The highest BCUT2D eigenvalue weighted by Gasteiger charge is 2.15. The average Bonchev–Trinajstić information content (AvgIpc) is 2.71. The molecular formula is C24H24F2O. The van der Waals surface area contributed by atoms with E-state index in [4.69, 9.17) is 4.74 Å². The Balaban J connectivity index is 1.79. The van der Waals surface area contributed by atoms with Gasteiger partial charge in [0.1, 0.15) is 0 Å². The van der Waals surface area contributed by atoms with Crippen LogP contribution >= 0.6 is 0 Å². The lowest BCUT2D eigenvalue weighted by atomic mass is 9.98. The second-order valence-electron chi connectivity index (χ2n) is 6.67. The Morgan fingerprint density at radius 3 is 1.89 bits per heavy atom. The monoisotopic (exact) mass is 366 g/mol. The summed E-state index contributed by atoms with van der Waals surface area (Å²) in [7, 11) is 1.32. The first-order valence-electron chi connectivity index (χ1n) is 9.35. The van der Waals surface area contributed by atoms with E-state index in [1.54, 1.807) is 0 Å². The molecule has 0 atom stereocenters. The van der Waals surface area contributed by atoms with Crippen LogP contribution in [0.5, 0.6) is 5.75 Å². The standard InChI is InChI=1S/C24H24F2O/c1-3-4-5-6-17-7-9-18(10-8-17)19-11-13-20(14-12-19)21-15-16-22(27-2)24(26)23(21)25/h7-16H,3-6H2,1-2H3. The third kappa shape index (κ3) is 4.36. The van der Waals surface area contributed by atoms with E-state index >= 15 is 0 Å². The van der Waals surface area contributed by atoms with Gasteiger partial charge in [-0.25, -0.2) is 4.39 Å². The number of methoxy groups -OCH3 is 1. The van der Waals surface area contributed by atoms with Crippen molar-refractivity contribution < 1.29 is 13.5 Å². The predicted octanol–water partition coefficient (Wildman–Crippen LogP) is 7.04. The van der Waals surface area contributed by atoms with E-state index < -0.39 is 11.6 Å². The molecule has 0 amide bonds. The van der Waals surface area contributed by atoms with Gasteiger partial charge in [0.15, 0.2) is 11.6 Å². The van der Waals surface area contributed by atoms with Crippen LogP contribution in [0.1, 0.15) is 31.7 Å². The molecule has 0 saturated carbocycles. The maximum absolute atomic E-state index is 14.3. The van der Waals surface area contributed by atoms with Gasteiger partial charge in [0.05, 0.1) is 7.11 Å². The summed E-state index contributed by atoms with van der Waals surface area (Å²) in [5.74, 6) is -1.94. The Labute approximate surface area is 159 Å². The molecule has 0 spiro atoms. The number of benzene rings is 3. The summed E-state index contributed by atoms with van der Waals surface area (Å²) in [5.41, 5.74) is 4.37. The number of halogens is 2. The lowest BCUT2D eigenvalue weighted by Gasteiger charge is -2.09. The number of rotatable bonds is 7. The van der Waals surface area contributed by atoms with Crippen LogP contribution in [-0.2, 0) is 6.42 Å². The van der Waals surface area contributed by atoms with Crippen LogP contribution in [0.3, 0.4) is 0 Å². The Morgan fingerprint density at radius 2 is 1.30 bits per heavy atom. The first-order valence-corrected chi connectivity index (χ1v) is 9.35. The SMILES string of the molecule is CCCCCc1ccc(-c2ccc(-c3ccc(OC)c(F)c3F)cc2)cc1. The molecule has 0 aromatic heterocycles. The number of unbranched alkanes of at least 4 members (excludes halogenated alkanes) is 2. The molecule has 0 saturated heterocycles. The molecule has 3 aromatic carbocycles. The molecule has 3 aromatic rings. The van der Waals surface area contributed by atoms with Gasteiger partial charge < -0.3 is 4.74 Å². The summed E-state index contributed by atoms with van der Waals surface area (Å²) in [4.78, 5) is 0. The largest absolute Gasteiger partial charge is 0.494 e. The molecule has 140 valence electrons. The van der Waals surface area contributed by atoms with Crippen molar-refractivity contribution in [2.24, 2.45) is 0 Å². The van der Waals surface area contributed by atoms with Gasteiger partial charge in [0.25, 0.3) is 0 Å². The average molecular weight is 366 g/mol. The van der Waals surface area contributed by atoms with Gasteiger partial charge in [-0.2, -0.15) is 4.39 Å². The molecule has 0 unspecified atom stereocenters. The molecule has 0 bridgehead atoms. The van der Waals surface area contributed by atoms with Crippen LogP contribution in [0.2, 0.25) is 0 Å². The Bertz CT molecular complexity index is 884. The van der Waals surface area contributed by atoms with Crippen molar-refractivity contribution >= 4 is 0 Å². The fraction of sp³-hybridized carbons (Fsp3) is 0.250. The van der Waals surface area contributed by atoms with Gasteiger partial charge in [-0.1, -0.05) is 68.3 Å². The lowest BCUT2D eigenvalue weighted by Crippen LogP contribution is -1.95. The molecule has 0 aliphatic carbocycles. The molecule has 0 N–H and O–H groups in total. The van der Waals surface area contributed by atoms with Gasteiger partial charge in [-0.15, -0.1) is 0 Å². The van der Waals surface area contributed by atoms with Gasteiger partial charge in [-0.3, -0.25) is 0 Å². The van der Waals surface area contributed by atoms with Gasteiger partial charge in [0, 0.05) is 5.56 Å². The molecule has 0 heterocycles. The van der Waals surface area contributed by atoms with Crippen molar-refractivity contribution in [2.45, 2.75) is 32.6 Å². The van der Waals surface area contributed by atoms with Gasteiger partial charge >= 0.3 is 0 Å². The predicted molar refractivity (Wildman–Crippen MR) is 107 cm³/mol. The summed E-state index contributed by atoms with van der Waals surface area (Å²) in [6.45, 7) is 2.21. The van der Waals surface area contributed by atoms with E-state index in [-0.39, 0.29) is 11.3 Å². The molecule has 3 heteroatoms. The van der Waals surface area contributed by atoms with Crippen molar-refractivity contribution in [1.82, 2.24) is 0 Å². The molecule has 1 nitrogen and oxygen atoms in total. The minimum atomic E-state index is -0.960. The Hall–Kier alpha value is -2.68. The second kappa shape index (κ2) is 8.81. The first-order chi connectivity index (χ1) is 13.1. The quantitative estimate of drug-likeness (QED) is 0.407. The summed E-state index contributed by atoms with van der Waals surface area (Å²) in [5, 5.41) is 0. The molecule has 0 radical (unpaired) electrons. The van der Waals surface area contributed by atoms with Crippen molar-refractivity contribution in [3.63, 3.8) is 0 Å². The van der Waals surface area contributed by atoms with E-state index in [0.29, 0.717) is 5.56 Å². The van der Waals surface area contributed by atoms with Crippen LogP contribution in [0.15, 0.2) is 60.7 Å². The normalized spacial score (nSPS) is 10.8. The van der Waals surface area contributed by atoms with Crippen molar-refractivity contribution in [3.05, 3.63) is 77.9 Å². The summed E-state index contributed by atoms with van der Waals surface area (Å²) in [6.07, 6.45) is 4.80. The van der Waals surface area contributed by atoms with Crippen LogP contribution in [0.25, 0.3) is 22.3 Å². The molecule has 0 fully saturated rings. The molecule has 27 heavy (non-hydrogen) atoms. The number of hydrogen-bond acceptors (Lipinski definition) is 1. The lowest BCUT2D eigenvalue weighted by molar-refractivity contribution is 0.372. The minimum Gasteiger partial charge on any atom is -0.494 e. The number of ether oxygens (including phenoxy) is 1. The summed E-state index contributed by atoms with van der Waals surface area (Å²) in [6, 6.07) is 19.0. The van der Waals surface area contributed by atoms with Crippen LogP contribution in [0.4, 0.5) is 8.78 Å². The molecule has 0 aliphatic heterocycles. The fourth-order valence-corrected chi connectivity index (χ4v) is 3.20. The molecular weight excluding hydrogens is 342 g/mol. The summed E-state index contributed by atoms with van der Waals surface area (Å²) < 4.78 is 33.0. The van der Waals surface area contributed by atoms with E-state index in [1.165, 1.54) is 44.1 Å². The van der Waals surface area contributed by atoms with Gasteiger partial charge in [0.2, 0.25) is 5.82 Å². The number of aryl methyl sites for hydroxylation is 1. The minimum absolute atomic E-state index is 0.0908. The van der Waals surface area contributed by atoms with Crippen molar-refractivity contribution in [2.75, 3.05) is 7.11 Å². The summed E-state index contributed by atoms with van der Waals surface area (Å²) >= 11 is 0. The maximum Gasteiger partial charge on any atom is 0.201 e. The molecule has 3 rings (SSSR count). The third-order valence-corrected chi connectivity index (χ3v) is 4.82. The molecule has 0 aliphatic rings. The zero-order valence-corrected chi connectivity index (χ0v) is 15.8. The smallest absolute Gasteiger partial charge is 0.201 e. The van der Waals surface area contributed by atoms with Crippen LogP contribution in [0, 0.1) is 11.6 Å². The number of hydrogen-bond donors (Lipinski definition) is 0. The Morgan fingerprint density at radius 1 is 0.704 bits per heavy atom. The van der Waals surface area contributed by atoms with E-state index in [1.807, 2.05) is 24.3 Å². The van der Waals surface area contributed by atoms with Crippen LogP contribution in [-0.4, -0.2) is 7.11 Å². The van der Waals surface area contributed by atoms with Crippen molar-refractivity contribution in [1.29, 1.82) is 0 Å². The second-order valence-corrected chi connectivity index (χ2v) is 6.67. The first kappa shape index (κ1) is 19.1. The van der Waals surface area contributed by atoms with E-state index in [9.17, 15) is 8.78 Å². The third-order valence-electron chi connectivity index (χ3n) is 4.82. The maximum atomic E-state index is 14.3. The highest BCUT2D eigenvalue weighted by Crippen LogP contribution is 2.31. The topological polar surface area (TPSA) is 9.23 Å². The zero-order chi connectivity index (χ0) is 19.2. The van der Waals surface area contributed by atoms with Crippen molar-refractivity contribution in [3.8, 4) is 28.0 Å². The highest BCUT2D eigenvalue weighted by molar-refractivity contribution is 5.71. The van der Waals surface area contributed by atoms with Crippen LogP contribution < -0.4 is 4.74 Å². The fourth-order valence-electron chi connectivity index (χ4n) is 3.20.